The summed E-state index contributed by atoms with van der Waals surface area (Å²) in [5.41, 5.74) is 0.148. The standard InChI is InChI=1S/C26H39ClFN5O2/c1-2-3-4-5-6-7-8-9-10-11-12-13-14-15-18-29-25-24(33(34)35)26(31-20-30-25)32-21-16-17-23(28)22(27)19-21/h16-17,19-20H,2-15,18H2,1H3,(H2,29,30,31,32). The lowest BCUT2D eigenvalue weighted by Crippen LogP contribution is -2.09. The minimum atomic E-state index is -0.565. The summed E-state index contributed by atoms with van der Waals surface area (Å²) < 4.78 is 13.4. The molecule has 0 saturated carbocycles. The van der Waals surface area contributed by atoms with E-state index in [9.17, 15) is 14.5 Å². The van der Waals surface area contributed by atoms with Crippen LogP contribution in [0.4, 0.5) is 27.4 Å². The third-order valence-electron chi connectivity index (χ3n) is 6.01. The molecular formula is C26H39ClFN5O2. The Bertz CT molecular complexity index is 900. The van der Waals surface area contributed by atoms with E-state index in [1.807, 2.05) is 0 Å². The van der Waals surface area contributed by atoms with Gasteiger partial charge in [-0.15, -0.1) is 0 Å². The van der Waals surface area contributed by atoms with Crippen molar-refractivity contribution in [1.29, 1.82) is 0 Å². The lowest BCUT2D eigenvalue weighted by molar-refractivity contribution is -0.383. The van der Waals surface area contributed by atoms with Crippen molar-refractivity contribution in [2.24, 2.45) is 0 Å². The molecule has 9 heteroatoms. The van der Waals surface area contributed by atoms with Gasteiger partial charge in [-0.25, -0.2) is 14.4 Å². The van der Waals surface area contributed by atoms with Crippen molar-refractivity contribution < 1.29 is 9.31 Å². The van der Waals surface area contributed by atoms with E-state index in [4.69, 9.17) is 11.6 Å². The molecule has 0 aliphatic rings. The second kappa shape index (κ2) is 17.0. The maximum atomic E-state index is 13.4. The Hall–Kier alpha value is -2.48. The number of anilines is 3. The number of nitrogens with zero attached hydrogens (tertiary/aromatic N) is 3. The molecule has 1 aromatic heterocycles. The zero-order valence-electron chi connectivity index (χ0n) is 20.8. The van der Waals surface area contributed by atoms with Gasteiger partial charge >= 0.3 is 5.69 Å². The summed E-state index contributed by atoms with van der Waals surface area (Å²) in [6, 6.07) is 3.98. The Morgan fingerprint density at radius 3 is 1.97 bits per heavy atom. The van der Waals surface area contributed by atoms with Gasteiger partial charge in [0.15, 0.2) is 0 Å². The molecule has 1 aromatic carbocycles. The molecule has 2 aromatic rings. The molecule has 0 bridgehead atoms. The predicted octanol–water partition coefficient (Wildman–Crippen LogP) is 8.81. The maximum Gasteiger partial charge on any atom is 0.353 e. The molecular weight excluding hydrogens is 469 g/mol. The first kappa shape index (κ1) is 28.8. The van der Waals surface area contributed by atoms with Crippen LogP contribution in [0, 0.1) is 15.9 Å². The van der Waals surface area contributed by atoms with Crippen molar-refractivity contribution >= 4 is 34.6 Å². The van der Waals surface area contributed by atoms with Gasteiger partial charge in [-0.1, -0.05) is 102 Å². The fraction of sp³-hybridized carbons (Fsp3) is 0.615. The van der Waals surface area contributed by atoms with E-state index in [0.29, 0.717) is 12.2 Å². The molecule has 0 unspecified atom stereocenters. The van der Waals surface area contributed by atoms with Crippen LogP contribution in [0.3, 0.4) is 0 Å². The third-order valence-corrected chi connectivity index (χ3v) is 6.30. The van der Waals surface area contributed by atoms with Crippen LogP contribution >= 0.6 is 11.6 Å². The highest BCUT2D eigenvalue weighted by Crippen LogP contribution is 2.32. The van der Waals surface area contributed by atoms with Gasteiger partial charge in [-0.2, -0.15) is 0 Å². The molecule has 0 fully saturated rings. The van der Waals surface area contributed by atoms with Gasteiger partial charge in [0.1, 0.15) is 12.1 Å². The lowest BCUT2D eigenvalue weighted by atomic mass is 10.0. The molecule has 0 amide bonds. The van der Waals surface area contributed by atoms with Crippen molar-refractivity contribution in [1.82, 2.24) is 9.97 Å². The maximum absolute atomic E-state index is 13.4. The van der Waals surface area contributed by atoms with Crippen LogP contribution in [0.5, 0.6) is 0 Å². The molecule has 1 heterocycles. The number of hydrogen-bond acceptors (Lipinski definition) is 6. The number of benzene rings is 1. The van der Waals surface area contributed by atoms with Crippen LogP contribution < -0.4 is 10.6 Å². The first-order valence-electron chi connectivity index (χ1n) is 13.0. The second-order valence-corrected chi connectivity index (χ2v) is 9.36. The van der Waals surface area contributed by atoms with Crippen LogP contribution in [0.15, 0.2) is 24.5 Å². The highest BCUT2D eigenvalue weighted by molar-refractivity contribution is 6.31. The number of hydrogen-bond donors (Lipinski definition) is 2. The minimum absolute atomic E-state index is 0.0242. The predicted molar refractivity (Wildman–Crippen MR) is 142 cm³/mol. The molecule has 0 aliphatic carbocycles. The quantitative estimate of drug-likeness (QED) is 0.112. The number of nitro groups is 1. The summed E-state index contributed by atoms with van der Waals surface area (Å²) >= 11 is 5.80. The second-order valence-electron chi connectivity index (χ2n) is 8.95. The van der Waals surface area contributed by atoms with Crippen molar-refractivity contribution in [3.05, 3.63) is 45.5 Å². The Labute approximate surface area is 213 Å². The van der Waals surface area contributed by atoms with E-state index in [2.05, 4.69) is 27.5 Å². The molecule has 2 rings (SSSR count). The van der Waals surface area contributed by atoms with Gasteiger partial charge in [0, 0.05) is 12.2 Å². The van der Waals surface area contributed by atoms with E-state index >= 15 is 0 Å². The van der Waals surface area contributed by atoms with Crippen LogP contribution in [0.1, 0.15) is 96.8 Å². The average molecular weight is 508 g/mol. The summed E-state index contributed by atoms with van der Waals surface area (Å²) in [5, 5.41) is 17.5. The largest absolute Gasteiger partial charge is 0.364 e. The van der Waals surface area contributed by atoms with Crippen LogP contribution in [-0.2, 0) is 0 Å². The van der Waals surface area contributed by atoms with E-state index in [1.54, 1.807) is 0 Å². The summed E-state index contributed by atoms with van der Waals surface area (Å²) in [6.07, 6.45) is 19.2. The summed E-state index contributed by atoms with van der Waals surface area (Å²) in [5.74, 6) is -0.378. The SMILES string of the molecule is CCCCCCCCCCCCCCCCNc1ncnc(Nc2ccc(F)c(Cl)c2)c1[N+](=O)[O-]. The van der Waals surface area contributed by atoms with Gasteiger partial charge in [-0.05, 0) is 24.6 Å². The normalized spacial score (nSPS) is 10.9. The summed E-state index contributed by atoms with van der Waals surface area (Å²) in [6.45, 7) is 2.85. The van der Waals surface area contributed by atoms with E-state index in [1.165, 1.54) is 102 Å². The molecule has 194 valence electrons. The molecule has 0 aliphatic heterocycles. The minimum Gasteiger partial charge on any atom is -0.364 e. The highest BCUT2D eigenvalue weighted by atomic mass is 35.5. The van der Waals surface area contributed by atoms with Crippen LogP contribution in [-0.4, -0.2) is 21.4 Å². The topological polar surface area (TPSA) is 93.0 Å². The molecule has 0 saturated heterocycles. The zero-order chi connectivity index (χ0) is 25.3. The fourth-order valence-electron chi connectivity index (χ4n) is 4.01. The van der Waals surface area contributed by atoms with Gasteiger partial charge in [-0.3, -0.25) is 10.1 Å². The Morgan fingerprint density at radius 1 is 0.886 bits per heavy atom. The van der Waals surface area contributed by atoms with Gasteiger partial charge in [0.25, 0.3) is 0 Å². The Balaban J connectivity index is 1.64. The summed E-state index contributed by atoms with van der Waals surface area (Å²) in [7, 11) is 0. The number of halogens is 2. The Morgan fingerprint density at radius 2 is 1.43 bits per heavy atom. The smallest absolute Gasteiger partial charge is 0.353 e. The highest BCUT2D eigenvalue weighted by Gasteiger charge is 2.23. The van der Waals surface area contributed by atoms with Crippen molar-refractivity contribution in [3.63, 3.8) is 0 Å². The van der Waals surface area contributed by atoms with Crippen molar-refractivity contribution in [2.45, 2.75) is 96.8 Å². The number of rotatable bonds is 19. The average Bonchev–Trinajstić information content (AvgIpc) is 2.83. The fourth-order valence-corrected chi connectivity index (χ4v) is 4.19. The molecule has 2 N–H and O–H groups in total. The van der Waals surface area contributed by atoms with Crippen LogP contribution in [0.25, 0.3) is 0 Å². The Kier molecular flexibility index (Phi) is 14.0. The molecule has 0 atom stereocenters. The van der Waals surface area contributed by atoms with Crippen molar-refractivity contribution in [2.75, 3.05) is 17.2 Å². The number of aromatic nitrogens is 2. The number of unbranched alkanes of at least 4 members (excludes halogenated alkanes) is 13. The zero-order valence-corrected chi connectivity index (χ0v) is 21.6. The number of nitrogens with one attached hydrogen (secondary N) is 2. The van der Waals surface area contributed by atoms with Gasteiger partial charge < -0.3 is 10.6 Å². The van der Waals surface area contributed by atoms with E-state index < -0.39 is 10.7 Å². The monoisotopic (exact) mass is 507 g/mol. The van der Waals surface area contributed by atoms with Gasteiger partial charge in [0.2, 0.25) is 11.6 Å². The summed E-state index contributed by atoms with van der Waals surface area (Å²) in [4.78, 5) is 19.2. The van der Waals surface area contributed by atoms with Crippen LogP contribution in [0.2, 0.25) is 5.02 Å². The molecule has 35 heavy (non-hydrogen) atoms. The lowest BCUT2D eigenvalue weighted by Gasteiger charge is -2.10. The van der Waals surface area contributed by atoms with E-state index in [-0.39, 0.29) is 22.3 Å². The molecule has 7 nitrogen and oxygen atoms in total. The third kappa shape index (κ3) is 11.2. The molecule has 0 radical (unpaired) electrons. The first-order valence-corrected chi connectivity index (χ1v) is 13.4. The van der Waals surface area contributed by atoms with E-state index in [0.717, 1.165) is 12.8 Å². The molecule has 0 spiro atoms. The first-order chi connectivity index (χ1) is 17.0. The van der Waals surface area contributed by atoms with Crippen molar-refractivity contribution in [3.8, 4) is 0 Å². The van der Waals surface area contributed by atoms with Gasteiger partial charge in [0.05, 0.1) is 9.95 Å².